The van der Waals surface area contributed by atoms with E-state index in [1.165, 1.54) is 7.11 Å². The third-order valence-electron chi connectivity index (χ3n) is 6.93. The molecule has 9 nitrogen and oxygen atoms in total. The van der Waals surface area contributed by atoms with E-state index in [1.807, 2.05) is 37.9 Å². The maximum Gasteiger partial charge on any atom is 0.410 e. The van der Waals surface area contributed by atoms with E-state index in [0.717, 1.165) is 38.9 Å². The van der Waals surface area contributed by atoms with Crippen molar-refractivity contribution in [3.8, 4) is 11.1 Å². The van der Waals surface area contributed by atoms with E-state index in [0.29, 0.717) is 44.3 Å². The summed E-state index contributed by atoms with van der Waals surface area (Å²) < 4.78 is 16.7. The van der Waals surface area contributed by atoms with Gasteiger partial charge in [0.05, 0.1) is 24.3 Å². The van der Waals surface area contributed by atoms with Crippen LogP contribution < -0.4 is 0 Å². The molecular weight excluding hydrogens is 508 g/mol. The summed E-state index contributed by atoms with van der Waals surface area (Å²) in [6, 6.07) is 5.90. The second-order valence-electron chi connectivity index (χ2n) is 10.7. The standard InChI is InChI=1S/C28H33ClN4O5/c1-28(2,3)38-27(35)33-7-8-37-15-24(33)20-10-18(19-11-21-23(29)13-31-26(21)30-12-19)9-17-5-6-32(14-22(17)20)25(34)16-36-4/h9-13,24H,5-8,14-16H2,1-4H3,(H,30,31). The molecule has 2 aliphatic heterocycles. The Morgan fingerprint density at radius 3 is 2.79 bits per heavy atom. The van der Waals surface area contributed by atoms with Crippen LogP contribution in [0.15, 0.2) is 30.6 Å². The second-order valence-corrected chi connectivity index (χ2v) is 11.1. The first-order chi connectivity index (χ1) is 18.1. The van der Waals surface area contributed by atoms with Crippen molar-refractivity contribution in [3.05, 3.63) is 52.3 Å². The first-order valence-corrected chi connectivity index (χ1v) is 13.1. The van der Waals surface area contributed by atoms with Crippen LogP contribution >= 0.6 is 11.6 Å². The van der Waals surface area contributed by atoms with E-state index in [1.54, 1.807) is 11.1 Å². The summed E-state index contributed by atoms with van der Waals surface area (Å²) in [5.41, 5.74) is 5.09. The van der Waals surface area contributed by atoms with Gasteiger partial charge < -0.3 is 24.1 Å². The van der Waals surface area contributed by atoms with Crippen LogP contribution in [0.3, 0.4) is 0 Å². The van der Waals surface area contributed by atoms with Crippen molar-refractivity contribution < 1.29 is 23.8 Å². The number of morpholine rings is 1. The quantitative estimate of drug-likeness (QED) is 0.514. The summed E-state index contributed by atoms with van der Waals surface area (Å²) >= 11 is 6.38. The van der Waals surface area contributed by atoms with Crippen molar-refractivity contribution in [2.75, 3.05) is 40.0 Å². The zero-order valence-corrected chi connectivity index (χ0v) is 22.9. The molecule has 10 heteroatoms. The van der Waals surface area contributed by atoms with Gasteiger partial charge in [0.1, 0.15) is 17.9 Å². The van der Waals surface area contributed by atoms with Gasteiger partial charge in [0.15, 0.2) is 0 Å². The molecule has 1 N–H and O–H groups in total. The zero-order valence-electron chi connectivity index (χ0n) is 22.2. The Kier molecular flexibility index (Phi) is 7.35. The summed E-state index contributed by atoms with van der Waals surface area (Å²) in [4.78, 5) is 37.2. The van der Waals surface area contributed by atoms with E-state index in [-0.39, 0.29) is 24.6 Å². The summed E-state index contributed by atoms with van der Waals surface area (Å²) in [7, 11) is 1.52. The van der Waals surface area contributed by atoms with Crippen molar-refractivity contribution in [3.63, 3.8) is 0 Å². The van der Waals surface area contributed by atoms with Crippen LogP contribution in [0.4, 0.5) is 4.79 Å². The van der Waals surface area contributed by atoms with Gasteiger partial charge in [-0.25, -0.2) is 9.78 Å². The number of nitrogens with one attached hydrogen (secondary N) is 1. The molecule has 0 saturated carbocycles. The van der Waals surface area contributed by atoms with Gasteiger partial charge in [0.2, 0.25) is 5.91 Å². The number of benzene rings is 1. The third-order valence-corrected chi connectivity index (χ3v) is 7.24. The number of ether oxygens (including phenoxy) is 3. The van der Waals surface area contributed by atoms with Crippen LogP contribution in [0.2, 0.25) is 5.02 Å². The lowest BCUT2D eigenvalue weighted by Crippen LogP contribution is -2.46. The number of carbonyl (C=O) groups excluding carboxylic acids is 2. The van der Waals surface area contributed by atoms with E-state index >= 15 is 0 Å². The van der Waals surface area contributed by atoms with Gasteiger partial charge in [-0.1, -0.05) is 17.7 Å². The molecule has 1 fully saturated rings. The molecule has 3 aromatic rings. The van der Waals surface area contributed by atoms with Crippen molar-refractivity contribution in [2.45, 2.75) is 45.4 Å². The molecule has 1 aromatic carbocycles. The maximum absolute atomic E-state index is 13.3. The molecular formula is C28H33ClN4O5. The minimum atomic E-state index is -0.624. The summed E-state index contributed by atoms with van der Waals surface area (Å²) in [5.74, 6) is -0.0613. The lowest BCUT2D eigenvalue weighted by atomic mass is 9.87. The summed E-state index contributed by atoms with van der Waals surface area (Å²) in [5, 5.41) is 1.45. The topological polar surface area (TPSA) is 97.0 Å². The lowest BCUT2D eigenvalue weighted by molar-refractivity contribution is -0.136. The van der Waals surface area contributed by atoms with Crippen LogP contribution in [-0.2, 0) is 32.0 Å². The van der Waals surface area contributed by atoms with Crippen LogP contribution in [0.5, 0.6) is 0 Å². The monoisotopic (exact) mass is 540 g/mol. The maximum atomic E-state index is 13.3. The highest BCUT2D eigenvalue weighted by Gasteiger charge is 2.35. The predicted molar refractivity (Wildman–Crippen MR) is 144 cm³/mol. The molecule has 0 bridgehead atoms. The van der Waals surface area contributed by atoms with Gasteiger partial charge in [-0.2, -0.15) is 0 Å². The van der Waals surface area contributed by atoms with Gasteiger partial charge in [-0.15, -0.1) is 0 Å². The number of carbonyl (C=O) groups is 2. The molecule has 2 aliphatic rings. The first kappa shape index (κ1) is 26.5. The van der Waals surface area contributed by atoms with E-state index in [9.17, 15) is 9.59 Å². The number of H-pyrrole nitrogens is 1. The number of aromatic amines is 1. The number of hydrogen-bond acceptors (Lipinski definition) is 6. The molecule has 0 aliphatic carbocycles. The number of fused-ring (bicyclic) bond motifs is 2. The van der Waals surface area contributed by atoms with Crippen molar-refractivity contribution in [1.29, 1.82) is 0 Å². The summed E-state index contributed by atoms with van der Waals surface area (Å²) in [6.45, 7) is 7.82. The molecule has 1 unspecified atom stereocenters. The van der Waals surface area contributed by atoms with Crippen LogP contribution in [0.25, 0.3) is 22.2 Å². The molecule has 0 spiro atoms. The van der Waals surface area contributed by atoms with Gasteiger partial charge in [0.25, 0.3) is 0 Å². The number of methoxy groups -OCH3 is 1. The lowest BCUT2D eigenvalue weighted by Gasteiger charge is -2.39. The molecule has 5 rings (SSSR count). The summed E-state index contributed by atoms with van der Waals surface area (Å²) in [6.07, 6.45) is 3.85. The highest BCUT2D eigenvalue weighted by atomic mass is 35.5. The molecule has 2 aromatic heterocycles. The Morgan fingerprint density at radius 1 is 1.21 bits per heavy atom. The fraction of sp³-hybridized carbons (Fsp3) is 0.464. The minimum Gasteiger partial charge on any atom is -0.444 e. The second kappa shape index (κ2) is 10.6. The van der Waals surface area contributed by atoms with Gasteiger partial charge in [-0.05, 0) is 61.6 Å². The molecule has 1 atom stereocenters. The number of hydrogen-bond donors (Lipinski definition) is 1. The smallest absolute Gasteiger partial charge is 0.410 e. The Hall–Kier alpha value is -3.14. The Bertz CT molecular complexity index is 1370. The Balaban J connectivity index is 1.60. The van der Waals surface area contributed by atoms with Crippen molar-refractivity contribution in [1.82, 2.24) is 19.8 Å². The largest absolute Gasteiger partial charge is 0.444 e. The molecule has 0 radical (unpaired) electrons. The molecule has 1 saturated heterocycles. The molecule has 38 heavy (non-hydrogen) atoms. The molecule has 202 valence electrons. The number of rotatable bonds is 4. The highest BCUT2D eigenvalue weighted by Crippen LogP contribution is 2.37. The SMILES string of the molecule is COCC(=O)N1CCc2cc(-c3cnc4[nH]cc(Cl)c4c3)cc(C3COCCN3C(=O)OC(C)(C)C)c2C1. The number of halogens is 1. The van der Waals surface area contributed by atoms with Crippen molar-refractivity contribution >= 4 is 34.6 Å². The normalized spacial score (nSPS) is 18.0. The Morgan fingerprint density at radius 2 is 2.03 bits per heavy atom. The highest BCUT2D eigenvalue weighted by molar-refractivity contribution is 6.35. The fourth-order valence-corrected chi connectivity index (χ4v) is 5.32. The fourth-order valence-electron chi connectivity index (χ4n) is 5.12. The van der Waals surface area contributed by atoms with Crippen LogP contribution in [0, 0.1) is 0 Å². The van der Waals surface area contributed by atoms with Gasteiger partial charge >= 0.3 is 6.09 Å². The zero-order chi connectivity index (χ0) is 27.0. The number of nitrogens with zero attached hydrogens (tertiary/aromatic N) is 3. The van der Waals surface area contributed by atoms with E-state index in [2.05, 4.69) is 22.1 Å². The Labute approximate surface area is 227 Å². The van der Waals surface area contributed by atoms with E-state index < -0.39 is 5.60 Å². The average Bonchev–Trinajstić information content (AvgIpc) is 3.26. The van der Waals surface area contributed by atoms with E-state index in [4.69, 9.17) is 25.8 Å². The number of aromatic nitrogens is 2. The van der Waals surface area contributed by atoms with Gasteiger partial charge in [0, 0.05) is 50.1 Å². The molecule has 4 heterocycles. The predicted octanol–water partition coefficient (Wildman–Crippen LogP) is 4.72. The molecule has 2 amide bonds. The van der Waals surface area contributed by atoms with Crippen molar-refractivity contribution in [2.24, 2.45) is 0 Å². The first-order valence-electron chi connectivity index (χ1n) is 12.8. The van der Waals surface area contributed by atoms with Crippen LogP contribution in [0.1, 0.15) is 43.5 Å². The average molecular weight is 541 g/mol. The third kappa shape index (κ3) is 5.36. The minimum absolute atomic E-state index is 0.0302. The van der Waals surface area contributed by atoms with Crippen LogP contribution in [-0.4, -0.2) is 77.4 Å². The van der Waals surface area contributed by atoms with Gasteiger partial charge in [-0.3, -0.25) is 9.69 Å². The number of amides is 2. The number of pyridine rings is 1.